The number of ether oxygens (including phenoxy) is 1. The summed E-state index contributed by atoms with van der Waals surface area (Å²) in [5.41, 5.74) is 6.37. The summed E-state index contributed by atoms with van der Waals surface area (Å²) in [6.07, 6.45) is 0. The minimum atomic E-state index is 0.188. The van der Waals surface area contributed by atoms with Crippen molar-refractivity contribution in [1.82, 2.24) is 10.1 Å². The molecule has 3 aromatic rings. The Labute approximate surface area is 127 Å². The van der Waals surface area contributed by atoms with Crippen LogP contribution in [0, 0.1) is 0 Å². The third kappa shape index (κ3) is 2.83. The molecule has 0 bridgehead atoms. The Balaban J connectivity index is 1.70. The predicted molar refractivity (Wildman–Crippen MR) is 80.5 cm³/mol. The van der Waals surface area contributed by atoms with E-state index in [2.05, 4.69) is 26.1 Å². The van der Waals surface area contributed by atoms with E-state index in [9.17, 15) is 0 Å². The lowest BCUT2D eigenvalue weighted by Crippen LogP contribution is -1.98. The summed E-state index contributed by atoms with van der Waals surface area (Å²) in [7, 11) is 0. The molecule has 0 aliphatic rings. The highest BCUT2D eigenvalue weighted by Gasteiger charge is 2.11. The lowest BCUT2D eigenvalue weighted by molar-refractivity contribution is 0.244. The molecule has 0 amide bonds. The van der Waals surface area contributed by atoms with Crippen molar-refractivity contribution in [2.24, 2.45) is 0 Å². The molecule has 0 aliphatic heterocycles. The molecule has 20 heavy (non-hydrogen) atoms. The first-order chi connectivity index (χ1) is 9.72. The molecule has 2 aromatic heterocycles. The third-order valence-electron chi connectivity index (χ3n) is 2.53. The van der Waals surface area contributed by atoms with Gasteiger partial charge in [0.05, 0.1) is 14.4 Å². The maximum atomic E-state index is 5.79. The second-order valence-electron chi connectivity index (χ2n) is 3.94. The van der Waals surface area contributed by atoms with Crippen molar-refractivity contribution >= 4 is 33.0 Å². The van der Waals surface area contributed by atoms with Crippen LogP contribution < -0.4 is 10.5 Å². The fraction of sp³-hybridized carbons (Fsp3) is 0.0769. The Morgan fingerprint density at radius 3 is 2.85 bits per heavy atom. The number of hydrogen-bond acceptors (Lipinski definition) is 6. The highest BCUT2D eigenvalue weighted by Crippen LogP contribution is 2.29. The summed E-state index contributed by atoms with van der Waals surface area (Å²) in [5, 5.41) is 3.93. The molecule has 102 valence electrons. The number of para-hydroxylation sites is 2. The molecule has 0 radical (unpaired) electrons. The van der Waals surface area contributed by atoms with Crippen LogP contribution in [-0.4, -0.2) is 10.1 Å². The van der Waals surface area contributed by atoms with Gasteiger partial charge in [-0.25, -0.2) is 0 Å². The maximum Gasteiger partial charge on any atom is 0.264 e. The van der Waals surface area contributed by atoms with Crippen LogP contribution in [0.2, 0.25) is 0 Å². The Morgan fingerprint density at radius 2 is 2.10 bits per heavy atom. The van der Waals surface area contributed by atoms with Crippen molar-refractivity contribution in [3.63, 3.8) is 0 Å². The average Bonchev–Trinajstić information content (AvgIpc) is 3.06. The van der Waals surface area contributed by atoms with Gasteiger partial charge in [-0.3, -0.25) is 0 Å². The lowest BCUT2D eigenvalue weighted by Gasteiger charge is -2.05. The number of anilines is 1. The normalized spacial score (nSPS) is 10.7. The van der Waals surface area contributed by atoms with E-state index in [-0.39, 0.29) is 6.61 Å². The topological polar surface area (TPSA) is 74.2 Å². The second kappa shape index (κ2) is 5.64. The average molecular weight is 352 g/mol. The molecule has 2 N–H and O–H groups in total. The number of aromatic nitrogens is 2. The van der Waals surface area contributed by atoms with E-state index < -0.39 is 0 Å². The van der Waals surface area contributed by atoms with Crippen LogP contribution in [-0.2, 0) is 6.61 Å². The molecule has 0 spiro atoms. The molecule has 3 rings (SSSR count). The molecular formula is C13H10BrN3O2S. The van der Waals surface area contributed by atoms with Gasteiger partial charge in [0, 0.05) is 0 Å². The molecule has 0 saturated heterocycles. The zero-order valence-corrected chi connectivity index (χ0v) is 12.6. The van der Waals surface area contributed by atoms with Gasteiger partial charge in [0.1, 0.15) is 5.75 Å². The van der Waals surface area contributed by atoms with Crippen molar-refractivity contribution in [1.29, 1.82) is 0 Å². The standard InChI is InChI=1S/C13H10BrN3O2S/c14-11-6-5-10(20-11)13-16-12(19-17-13)7-18-9-4-2-1-3-8(9)15/h1-6H,7,15H2. The fourth-order valence-corrected chi connectivity index (χ4v) is 2.91. The van der Waals surface area contributed by atoms with Gasteiger partial charge in [-0.2, -0.15) is 4.98 Å². The lowest BCUT2D eigenvalue weighted by atomic mass is 10.3. The number of halogens is 1. The van der Waals surface area contributed by atoms with E-state index in [1.807, 2.05) is 24.3 Å². The van der Waals surface area contributed by atoms with Crippen molar-refractivity contribution in [2.45, 2.75) is 6.61 Å². The smallest absolute Gasteiger partial charge is 0.264 e. The summed E-state index contributed by atoms with van der Waals surface area (Å²) in [4.78, 5) is 5.22. The van der Waals surface area contributed by atoms with Crippen molar-refractivity contribution in [2.75, 3.05) is 5.73 Å². The van der Waals surface area contributed by atoms with Gasteiger partial charge in [0.15, 0.2) is 6.61 Å². The van der Waals surface area contributed by atoms with Gasteiger partial charge >= 0.3 is 0 Å². The zero-order chi connectivity index (χ0) is 13.9. The van der Waals surface area contributed by atoms with Crippen molar-refractivity contribution in [3.05, 3.63) is 46.1 Å². The molecule has 1 aromatic carbocycles. The Morgan fingerprint density at radius 1 is 1.25 bits per heavy atom. The molecular weight excluding hydrogens is 342 g/mol. The third-order valence-corrected chi connectivity index (χ3v) is 4.15. The monoisotopic (exact) mass is 351 g/mol. The second-order valence-corrected chi connectivity index (χ2v) is 6.40. The van der Waals surface area contributed by atoms with Crippen LogP contribution in [0.5, 0.6) is 5.75 Å². The Kier molecular flexibility index (Phi) is 3.70. The van der Waals surface area contributed by atoms with E-state index in [0.29, 0.717) is 23.2 Å². The molecule has 0 aliphatic carbocycles. The molecule has 0 unspecified atom stereocenters. The number of nitrogens with zero attached hydrogens (tertiary/aromatic N) is 2. The zero-order valence-electron chi connectivity index (χ0n) is 10.2. The van der Waals surface area contributed by atoms with E-state index in [4.69, 9.17) is 15.0 Å². The number of nitrogens with two attached hydrogens (primary N) is 1. The van der Waals surface area contributed by atoms with Crippen molar-refractivity contribution in [3.8, 4) is 16.5 Å². The quantitative estimate of drug-likeness (QED) is 0.725. The molecule has 0 fully saturated rings. The molecule has 2 heterocycles. The van der Waals surface area contributed by atoms with Crippen LogP contribution in [0.15, 0.2) is 44.7 Å². The van der Waals surface area contributed by atoms with Gasteiger partial charge < -0.3 is 15.0 Å². The van der Waals surface area contributed by atoms with Gasteiger partial charge in [0.2, 0.25) is 5.82 Å². The number of nitrogen functional groups attached to an aromatic ring is 1. The summed E-state index contributed by atoms with van der Waals surface area (Å²) in [5.74, 6) is 1.57. The molecule has 0 atom stereocenters. The van der Waals surface area contributed by atoms with Gasteiger partial charge in [-0.15, -0.1) is 11.3 Å². The van der Waals surface area contributed by atoms with Crippen LogP contribution in [0.25, 0.3) is 10.7 Å². The van der Waals surface area contributed by atoms with E-state index in [1.165, 1.54) is 0 Å². The minimum absolute atomic E-state index is 0.188. The summed E-state index contributed by atoms with van der Waals surface area (Å²) >= 11 is 4.94. The minimum Gasteiger partial charge on any atom is -0.482 e. The maximum absolute atomic E-state index is 5.79. The highest BCUT2D eigenvalue weighted by molar-refractivity contribution is 9.11. The number of benzene rings is 1. The first kappa shape index (κ1) is 13.1. The SMILES string of the molecule is Nc1ccccc1OCc1nc(-c2ccc(Br)s2)no1. The van der Waals surface area contributed by atoms with Crippen LogP contribution in [0.3, 0.4) is 0 Å². The number of rotatable bonds is 4. The Bertz CT molecular complexity index is 726. The van der Waals surface area contributed by atoms with Gasteiger partial charge in [-0.05, 0) is 40.2 Å². The largest absolute Gasteiger partial charge is 0.482 e. The summed E-state index contributed by atoms with van der Waals surface area (Å²) in [6, 6.07) is 11.1. The van der Waals surface area contributed by atoms with E-state index in [0.717, 1.165) is 8.66 Å². The number of thiophene rings is 1. The van der Waals surface area contributed by atoms with Crippen LogP contribution in [0.4, 0.5) is 5.69 Å². The van der Waals surface area contributed by atoms with E-state index >= 15 is 0 Å². The number of hydrogen-bond donors (Lipinski definition) is 1. The van der Waals surface area contributed by atoms with E-state index in [1.54, 1.807) is 23.5 Å². The van der Waals surface area contributed by atoms with Gasteiger partial charge in [-0.1, -0.05) is 17.3 Å². The van der Waals surface area contributed by atoms with Crippen molar-refractivity contribution < 1.29 is 9.26 Å². The highest BCUT2D eigenvalue weighted by atomic mass is 79.9. The van der Waals surface area contributed by atoms with Crippen LogP contribution >= 0.6 is 27.3 Å². The predicted octanol–water partition coefficient (Wildman–Crippen LogP) is 3.72. The Hall–Kier alpha value is -1.86. The molecule has 7 heteroatoms. The van der Waals surface area contributed by atoms with Gasteiger partial charge in [0.25, 0.3) is 5.89 Å². The summed E-state index contributed by atoms with van der Waals surface area (Å²) < 4.78 is 11.7. The fourth-order valence-electron chi connectivity index (χ4n) is 1.60. The summed E-state index contributed by atoms with van der Waals surface area (Å²) in [6.45, 7) is 0.188. The van der Waals surface area contributed by atoms with Crippen LogP contribution in [0.1, 0.15) is 5.89 Å². The first-order valence-corrected chi connectivity index (χ1v) is 7.39. The molecule has 5 nitrogen and oxygen atoms in total. The molecule has 0 saturated carbocycles. The first-order valence-electron chi connectivity index (χ1n) is 5.78.